The molecule has 0 saturated carbocycles. The van der Waals surface area contributed by atoms with Crippen molar-refractivity contribution in [3.8, 4) is 28.8 Å². The van der Waals surface area contributed by atoms with E-state index in [4.69, 9.17) is 14.2 Å². The van der Waals surface area contributed by atoms with Gasteiger partial charge in [-0.1, -0.05) is 0 Å². The molecule has 2 aromatic heterocycles. The Morgan fingerprint density at radius 3 is 2.48 bits per heavy atom. The largest absolute Gasteiger partial charge is 0.497 e. The molecule has 0 atom stereocenters. The van der Waals surface area contributed by atoms with Gasteiger partial charge in [-0.2, -0.15) is 20.1 Å². The van der Waals surface area contributed by atoms with Gasteiger partial charge in [-0.15, -0.1) is 0 Å². The Kier molecular flexibility index (Phi) is 6.53. The Labute approximate surface area is 180 Å². The molecule has 31 heavy (non-hydrogen) atoms. The molecule has 0 spiro atoms. The zero-order valence-corrected chi connectivity index (χ0v) is 18.3. The van der Waals surface area contributed by atoms with E-state index in [1.54, 1.807) is 58.5 Å². The van der Waals surface area contributed by atoms with E-state index >= 15 is 0 Å². The highest BCUT2D eigenvalue weighted by atomic mass is 16.5. The van der Waals surface area contributed by atoms with Gasteiger partial charge in [0.15, 0.2) is 5.82 Å². The number of rotatable bonds is 8. The molecule has 1 aromatic carbocycles. The molecule has 3 aromatic rings. The van der Waals surface area contributed by atoms with Crippen molar-refractivity contribution in [2.45, 2.75) is 6.54 Å². The predicted molar refractivity (Wildman–Crippen MR) is 114 cm³/mol. The molecule has 0 aliphatic carbocycles. The SMILES string of the molecule is COc1ccc(OC)c(-c2cc(C(=O)NCc3nc(OC)nc(N(C)C)n3)n(C)n2)c1. The topological polar surface area (TPSA) is 117 Å². The van der Waals surface area contributed by atoms with Crippen LogP contribution in [0.3, 0.4) is 0 Å². The van der Waals surface area contributed by atoms with Crippen molar-refractivity contribution in [3.63, 3.8) is 0 Å². The van der Waals surface area contributed by atoms with Crippen molar-refractivity contribution in [2.24, 2.45) is 7.05 Å². The lowest BCUT2D eigenvalue weighted by molar-refractivity contribution is 0.0940. The number of nitrogens with zero attached hydrogens (tertiary/aromatic N) is 6. The number of carbonyl (C=O) groups is 1. The maximum atomic E-state index is 12.8. The van der Waals surface area contributed by atoms with Crippen LogP contribution in [0.4, 0.5) is 5.95 Å². The number of amides is 1. The highest BCUT2D eigenvalue weighted by molar-refractivity contribution is 5.93. The van der Waals surface area contributed by atoms with Crippen molar-refractivity contribution in [3.05, 3.63) is 35.8 Å². The number of aryl methyl sites for hydroxylation is 1. The summed E-state index contributed by atoms with van der Waals surface area (Å²) >= 11 is 0. The number of anilines is 1. The molecule has 11 heteroatoms. The summed E-state index contributed by atoms with van der Waals surface area (Å²) in [6, 6.07) is 7.26. The first-order chi connectivity index (χ1) is 14.9. The highest BCUT2D eigenvalue weighted by Crippen LogP contribution is 2.32. The molecule has 1 amide bonds. The average Bonchev–Trinajstić information content (AvgIpc) is 3.18. The average molecular weight is 427 g/mol. The molecule has 0 radical (unpaired) electrons. The molecule has 164 valence electrons. The van der Waals surface area contributed by atoms with E-state index < -0.39 is 0 Å². The van der Waals surface area contributed by atoms with Crippen molar-refractivity contribution >= 4 is 11.9 Å². The molecule has 3 rings (SSSR count). The number of benzene rings is 1. The fourth-order valence-electron chi connectivity index (χ4n) is 2.83. The van der Waals surface area contributed by atoms with Gasteiger partial charge in [0, 0.05) is 26.7 Å². The first kappa shape index (κ1) is 21.8. The van der Waals surface area contributed by atoms with E-state index in [-0.39, 0.29) is 18.5 Å². The van der Waals surface area contributed by atoms with Gasteiger partial charge in [0.2, 0.25) is 5.95 Å². The summed E-state index contributed by atoms with van der Waals surface area (Å²) in [6.07, 6.45) is 0. The molecule has 0 saturated heterocycles. The van der Waals surface area contributed by atoms with Crippen LogP contribution in [0.25, 0.3) is 11.3 Å². The Hall–Kier alpha value is -3.89. The summed E-state index contributed by atoms with van der Waals surface area (Å²) in [4.78, 5) is 27.2. The third kappa shape index (κ3) is 4.82. The first-order valence-electron chi connectivity index (χ1n) is 9.37. The van der Waals surface area contributed by atoms with Gasteiger partial charge in [0.05, 0.1) is 33.6 Å². The van der Waals surface area contributed by atoms with Gasteiger partial charge in [-0.05, 0) is 24.3 Å². The molecule has 0 unspecified atom stereocenters. The molecule has 1 N–H and O–H groups in total. The zero-order chi connectivity index (χ0) is 22.5. The van der Waals surface area contributed by atoms with Crippen molar-refractivity contribution in [2.75, 3.05) is 40.3 Å². The van der Waals surface area contributed by atoms with Crippen molar-refractivity contribution in [1.82, 2.24) is 30.0 Å². The van der Waals surface area contributed by atoms with Crippen LogP contribution in [0.5, 0.6) is 17.5 Å². The molecule has 0 fully saturated rings. The van der Waals surface area contributed by atoms with Gasteiger partial charge in [-0.25, -0.2) is 0 Å². The van der Waals surface area contributed by atoms with Gasteiger partial charge < -0.3 is 24.4 Å². The Morgan fingerprint density at radius 2 is 1.84 bits per heavy atom. The number of hydrogen-bond acceptors (Lipinski definition) is 9. The standard InChI is InChI=1S/C20H25N7O4/c1-26(2)19-22-17(23-20(24-19)31-6)11-21-18(28)15-10-14(25-27(15)3)13-9-12(29-4)7-8-16(13)30-5/h7-10H,11H2,1-6H3,(H,21,28). The third-order valence-electron chi connectivity index (χ3n) is 4.43. The van der Waals surface area contributed by atoms with Crippen LogP contribution in [0.1, 0.15) is 16.3 Å². The minimum atomic E-state index is -0.325. The monoisotopic (exact) mass is 427 g/mol. The van der Waals surface area contributed by atoms with Crippen LogP contribution < -0.4 is 24.4 Å². The molecule has 0 aliphatic rings. The quantitative estimate of drug-likeness (QED) is 0.567. The van der Waals surface area contributed by atoms with Gasteiger partial charge in [-0.3, -0.25) is 9.48 Å². The van der Waals surface area contributed by atoms with E-state index in [2.05, 4.69) is 25.4 Å². The van der Waals surface area contributed by atoms with E-state index in [9.17, 15) is 4.79 Å². The Balaban J connectivity index is 1.82. The molecule has 11 nitrogen and oxygen atoms in total. The number of methoxy groups -OCH3 is 3. The van der Waals surface area contributed by atoms with Crippen molar-refractivity contribution in [1.29, 1.82) is 0 Å². The van der Waals surface area contributed by atoms with Crippen LogP contribution in [0, 0.1) is 0 Å². The van der Waals surface area contributed by atoms with Gasteiger partial charge in [0.1, 0.15) is 17.2 Å². The summed E-state index contributed by atoms with van der Waals surface area (Å²) in [5.74, 6) is 1.77. The molecule has 0 aliphatic heterocycles. The Morgan fingerprint density at radius 1 is 1.06 bits per heavy atom. The smallest absolute Gasteiger partial charge is 0.321 e. The second-order valence-electron chi connectivity index (χ2n) is 6.72. The summed E-state index contributed by atoms with van der Waals surface area (Å²) < 4.78 is 17.3. The lowest BCUT2D eigenvalue weighted by atomic mass is 10.1. The Bertz CT molecular complexity index is 1080. The normalized spacial score (nSPS) is 10.5. The van der Waals surface area contributed by atoms with E-state index in [1.165, 1.54) is 11.8 Å². The molecule has 2 heterocycles. The lowest BCUT2D eigenvalue weighted by Gasteiger charge is -2.12. The number of nitrogens with one attached hydrogen (secondary N) is 1. The zero-order valence-electron chi connectivity index (χ0n) is 18.3. The van der Waals surface area contributed by atoms with Crippen LogP contribution in [0.15, 0.2) is 24.3 Å². The van der Waals surface area contributed by atoms with E-state index in [1.807, 2.05) is 6.07 Å². The minimum Gasteiger partial charge on any atom is -0.497 e. The summed E-state index contributed by atoms with van der Waals surface area (Å²) in [7, 11) is 9.94. The fraction of sp³-hybridized carbons (Fsp3) is 0.350. The number of carbonyl (C=O) groups excluding carboxylic acids is 1. The second-order valence-corrected chi connectivity index (χ2v) is 6.72. The molecular formula is C20H25N7O4. The van der Waals surface area contributed by atoms with E-state index in [0.29, 0.717) is 40.2 Å². The number of aromatic nitrogens is 5. The fourth-order valence-corrected chi connectivity index (χ4v) is 2.83. The lowest BCUT2D eigenvalue weighted by Crippen LogP contribution is -2.26. The summed E-state index contributed by atoms with van der Waals surface area (Å²) in [5, 5.41) is 7.26. The third-order valence-corrected chi connectivity index (χ3v) is 4.43. The maximum Gasteiger partial charge on any atom is 0.321 e. The van der Waals surface area contributed by atoms with E-state index in [0.717, 1.165) is 0 Å². The first-order valence-corrected chi connectivity index (χ1v) is 9.37. The second kappa shape index (κ2) is 9.28. The number of ether oxygens (including phenoxy) is 3. The number of hydrogen-bond donors (Lipinski definition) is 1. The van der Waals surface area contributed by atoms with Gasteiger partial charge in [0.25, 0.3) is 5.91 Å². The van der Waals surface area contributed by atoms with Crippen LogP contribution in [-0.2, 0) is 13.6 Å². The molecule has 0 bridgehead atoms. The van der Waals surface area contributed by atoms with Crippen LogP contribution >= 0.6 is 0 Å². The summed E-state index contributed by atoms with van der Waals surface area (Å²) in [5.41, 5.74) is 1.67. The summed E-state index contributed by atoms with van der Waals surface area (Å²) in [6.45, 7) is 0.0988. The van der Waals surface area contributed by atoms with Crippen LogP contribution in [0.2, 0.25) is 0 Å². The van der Waals surface area contributed by atoms with Crippen molar-refractivity contribution < 1.29 is 19.0 Å². The van der Waals surface area contributed by atoms with Gasteiger partial charge >= 0.3 is 6.01 Å². The minimum absolute atomic E-state index is 0.0988. The van der Waals surface area contributed by atoms with Crippen LogP contribution in [-0.4, -0.2) is 66.1 Å². The highest BCUT2D eigenvalue weighted by Gasteiger charge is 2.18. The molecular weight excluding hydrogens is 402 g/mol. The predicted octanol–water partition coefficient (Wildman–Crippen LogP) is 1.29. The maximum absolute atomic E-state index is 12.8.